The largest absolute Gasteiger partial charge is 0.381 e. The van der Waals surface area contributed by atoms with Crippen LogP contribution >= 0.6 is 0 Å². The van der Waals surface area contributed by atoms with Crippen molar-refractivity contribution in [1.29, 1.82) is 0 Å². The van der Waals surface area contributed by atoms with Crippen LogP contribution in [0.1, 0.15) is 44.9 Å². The molecule has 122 valence electrons. The lowest BCUT2D eigenvalue weighted by molar-refractivity contribution is -0.141. The molecule has 3 rings (SSSR count). The summed E-state index contributed by atoms with van der Waals surface area (Å²) >= 11 is 0. The van der Waals surface area contributed by atoms with Gasteiger partial charge in [-0.05, 0) is 37.0 Å². The number of nitrogens with one attached hydrogen (secondary N) is 1. The molecule has 0 aromatic heterocycles. The number of hydrogen-bond donors (Lipinski definition) is 1. The fourth-order valence-corrected chi connectivity index (χ4v) is 3.92. The van der Waals surface area contributed by atoms with Gasteiger partial charge in [0.05, 0.1) is 0 Å². The summed E-state index contributed by atoms with van der Waals surface area (Å²) in [5.74, 6) is 0.196. The van der Waals surface area contributed by atoms with E-state index < -0.39 is 0 Å². The van der Waals surface area contributed by atoms with Gasteiger partial charge in [0, 0.05) is 45.6 Å². The Bertz CT molecular complexity index is 445. The molecule has 3 amide bonds. The summed E-state index contributed by atoms with van der Waals surface area (Å²) in [6.07, 6.45) is 5.00. The molecule has 0 aliphatic carbocycles. The predicted molar refractivity (Wildman–Crippen MR) is 78.8 cm³/mol. The molecule has 3 aliphatic heterocycles. The number of nitrogens with zero attached hydrogens (tertiary/aromatic N) is 1. The van der Waals surface area contributed by atoms with E-state index in [1.165, 1.54) is 0 Å². The first kappa shape index (κ1) is 15.5. The highest BCUT2D eigenvalue weighted by Crippen LogP contribution is 2.40. The number of rotatable bonds is 2. The lowest BCUT2D eigenvalue weighted by Gasteiger charge is -2.43. The highest BCUT2D eigenvalue weighted by Gasteiger charge is 2.42. The molecule has 22 heavy (non-hydrogen) atoms. The maximum atomic E-state index is 12.4. The van der Waals surface area contributed by atoms with E-state index in [9.17, 15) is 14.4 Å². The van der Waals surface area contributed by atoms with Crippen LogP contribution in [0.15, 0.2) is 0 Å². The van der Waals surface area contributed by atoms with Crippen molar-refractivity contribution in [3.63, 3.8) is 0 Å². The van der Waals surface area contributed by atoms with Gasteiger partial charge in [0.1, 0.15) is 0 Å². The van der Waals surface area contributed by atoms with E-state index in [2.05, 4.69) is 5.32 Å². The van der Waals surface area contributed by atoms with E-state index in [-0.39, 0.29) is 23.1 Å². The summed E-state index contributed by atoms with van der Waals surface area (Å²) in [7, 11) is 0. The fraction of sp³-hybridized carbons (Fsp3) is 0.812. The zero-order valence-corrected chi connectivity index (χ0v) is 12.9. The van der Waals surface area contributed by atoms with Crippen LogP contribution < -0.4 is 5.32 Å². The molecule has 0 radical (unpaired) electrons. The number of piperidine rings is 2. The maximum absolute atomic E-state index is 12.4. The zero-order chi connectivity index (χ0) is 15.6. The van der Waals surface area contributed by atoms with Crippen LogP contribution in [0.4, 0.5) is 0 Å². The van der Waals surface area contributed by atoms with Crippen LogP contribution in [-0.2, 0) is 19.1 Å². The Morgan fingerprint density at radius 3 is 2.50 bits per heavy atom. The molecule has 3 aliphatic rings. The van der Waals surface area contributed by atoms with Crippen LogP contribution in [0.25, 0.3) is 0 Å². The Hall–Kier alpha value is -1.43. The standard InChI is InChI=1S/C16H24N2O4/c19-13-9-16(10-14(20)17-13)3-5-18(6-4-16)15(21)8-12-2-1-7-22-11-12/h12H,1-11H2,(H,17,19,20)/t12-/m0/s1. The number of hydrogen-bond acceptors (Lipinski definition) is 4. The van der Waals surface area contributed by atoms with Gasteiger partial charge in [-0.15, -0.1) is 0 Å². The second-order valence-electron chi connectivity index (χ2n) is 6.99. The molecule has 6 heteroatoms. The van der Waals surface area contributed by atoms with Gasteiger partial charge in [-0.25, -0.2) is 0 Å². The Morgan fingerprint density at radius 1 is 1.23 bits per heavy atom. The van der Waals surface area contributed by atoms with Gasteiger partial charge in [0.15, 0.2) is 0 Å². The molecule has 3 fully saturated rings. The Morgan fingerprint density at radius 2 is 1.91 bits per heavy atom. The van der Waals surface area contributed by atoms with E-state index in [1.807, 2.05) is 4.90 Å². The van der Waals surface area contributed by atoms with Crippen molar-refractivity contribution >= 4 is 17.7 Å². The first-order valence-corrected chi connectivity index (χ1v) is 8.25. The second-order valence-corrected chi connectivity index (χ2v) is 6.99. The van der Waals surface area contributed by atoms with Crippen LogP contribution in [-0.4, -0.2) is 48.9 Å². The van der Waals surface area contributed by atoms with Gasteiger partial charge in [-0.3, -0.25) is 19.7 Å². The van der Waals surface area contributed by atoms with Gasteiger partial charge >= 0.3 is 0 Å². The lowest BCUT2D eigenvalue weighted by Crippen LogP contribution is -2.51. The number of ether oxygens (including phenoxy) is 1. The Balaban J connectivity index is 1.51. The van der Waals surface area contributed by atoms with Crippen molar-refractivity contribution in [2.45, 2.75) is 44.9 Å². The second kappa shape index (κ2) is 6.36. The smallest absolute Gasteiger partial charge is 0.227 e. The zero-order valence-electron chi connectivity index (χ0n) is 12.9. The van der Waals surface area contributed by atoms with Crippen molar-refractivity contribution in [2.24, 2.45) is 11.3 Å². The molecule has 0 unspecified atom stereocenters. The summed E-state index contributed by atoms with van der Waals surface area (Å²) in [6, 6.07) is 0. The first-order chi connectivity index (χ1) is 10.6. The highest BCUT2D eigenvalue weighted by atomic mass is 16.5. The number of likely N-dealkylation sites (tertiary alicyclic amines) is 1. The predicted octanol–water partition coefficient (Wildman–Crippen LogP) is 0.849. The topological polar surface area (TPSA) is 75.7 Å². The van der Waals surface area contributed by atoms with E-state index in [4.69, 9.17) is 4.74 Å². The third-order valence-corrected chi connectivity index (χ3v) is 5.24. The average molecular weight is 308 g/mol. The van der Waals surface area contributed by atoms with Crippen LogP contribution in [0.2, 0.25) is 0 Å². The first-order valence-electron chi connectivity index (χ1n) is 8.25. The highest BCUT2D eigenvalue weighted by molar-refractivity contribution is 5.98. The third kappa shape index (κ3) is 3.48. The van der Waals surface area contributed by atoms with E-state index in [0.29, 0.717) is 44.9 Å². The van der Waals surface area contributed by atoms with Gasteiger partial charge in [-0.1, -0.05) is 0 Å². The number of carbonyl (C=O) groups excluding carboxylic acids is 3. The molecule has 0 aromatic carbocycles. The number of imide groups is 1. The molecule has 0 saturated carbocycles. The van der Waals surface area contributed by atoms with Crippen molar-refractivity contribution < 1.29 is 19.1 Å². The molecule has 3 saturated heterocycles. The lowest BCUT2D eigenvalue weighted by atomic mass is 9.71. The molecular weight excluding hydrogens is 284 g/mol. The van der Waals surface area contributed by atoms with Crippen molar-refractivity contribution in [3.05, 3.63) is 0 Å². The minimum Gasteiger partial charge on any atom is -0.381 e. The van der Waals surface area contributed by atoms with E-state index >= 15 is 0 Å². The van der Waals surface area contributed by atoms with Gasteiger partial charge in [-0.2, -0.15) is 0 Å². The summed E-state index contributed by atoms with van der Waals surface area (Å²) in [6.45, 7) is 2.82. The fourth-order valence-electron chi connectivity index (χ4n) is 3.92. The van der Waals surface area contributed by atoms with Crippen molar-refractivity contribution in [1.82, 2.24) is 10.2 Å². The average Bonchev–Trinajstić information content (AvgIpc) is 2.47. The summed E-state index contributed by atoms with van der Waals surface area (Å²) < 4.78 is 5.43. The SMILES string of the molecule is O=C1CC2(CCN(C(=O)C[C@@H]3CCCOC3)CC2)CC(=O)N1. The number of carbonyl (C=O) groups is 3. The molecule has 0 aromatic rings. The number of amides is 3. The van der Waals surface area contributed by atoms with Gasteiger partial charge in [0.2, 0.25) is 17.7 Å². The monoisotopic (exact) mass is 308 g/mol. The minimum atomic E-state index is -0.218. The maximum Gasteiger partial charge on any atom is 0.227 e. The van der Waals surface area contributed by atoms with Crippen molar-refractivity contribution in [3.8, 4) is 0 Å². The molecule has 1 atom stereocenters. The molecule has 1 N–H and O–H groups in total. The normalized spacial score (nSPS) is 28.5. The quantitative estimate of drug-likeness (QED) is 0.767. The Labute approximate surface area is 130 Å². The molecule has 0 bridgehead atoms. The van der Waals surface area contributed by atoms with Crippen LogP contribution in [0.5, 0.6) is 0 Å². The van der Waals surface area contributed by atoms with Crippen LogP contribution in [0.3, 0.4) is 0 Å². The van der Waals surface area contributed by atoms with Gasteiger partial charge in [0.25, 0.3) is 0 Å². The molecule has 6 nitrogen and oxygen atoms in total. The third-order valence-electron chi connectivity index (χ3n) is 5.24. The summed E-state index contributed by atoms with van der Waals surface area (Å²) in [5.41, 5.74) is -0.218. The molecule has 1 spiro atoms. The summed E-state index contributed by atoms with van der Waals surface area (Å²) in [5, 5.41) is 2.37. The van der Waals surface area contributed by atoms with Gasteiger partial charge < -0.3 is 9.64 Å². The Kier molecular flexibility index (Phi) is 4.47. The minimum absolute atomic E-state index is 0.171. The molecular formula is C16H24N2O4. The van der Waals surface area contributed by atoms with E-state index in [1.54, 1.807) is 0 Å². The van der Waals surface area contributed by atoms with Crippen LogP contribution in [0, 0.1) is 11.3 Å². The molecule has 3 heterocycles. The summed E-state index contributed by atoms with van der Waals surface area (Å²) in [4.78, 5) is 37.5. The van der Waals surface area contributed by atoms with Crippen molar-refractivity contribution in [2.75, 3.05) is 26.3 Å². The van der Waals surface area contributed by atoms with E-state index in [0.717, 1.165) is 32.3 Å².